The number of carbonyl (C=O) groups is 4. The van der Waals surface area contributed by atoms with Gasteiger partial charge in [-0.1, -0.05) is 32.9 Å². The second kappa shape index (κ2) is 15.1. The van der Waals surface area contributed by atoms with Gasteiger partial charge in [0.05, 0.1) is 0 Å². The van der Waals surface area contributed by atoms with Crippen LogP contribution in [0.3, 0.4) is 0 Å². The van der Waals surface area contributed by atoms with Gasteiger partial charge < -0.3 is 25.6 Å². The Balaban J connectivity index is 1.94. The van der Waals surface area contributed by atoms with Gasteiger partial charge in [0.2, 0.25) is 17.7 Å². The van der Waals surface area contributed by atoms with Gasteiger partial charge in [-0.2, -0.15) is 11.8 Å². The van der Waals surface area contributed by atoms with Crippen molar-refractivity contribution in [3.8, 4) is 0 Å². The van der Waals surface area contributed by atoms with Crippen molar-refractivity contribution in [2.45, 2.75) is 84.9 Å². The van der Waals surface area contributed by atoms with Crippen molar-refractivity contribution in [3.05, 3.63) is 29.8 Å². The minimum absolute atomic E-state index is 0.0957. The molecule has 1 aromatic rings. The molecule has 0 unspecified atom stereocenters. The van der Waals surface area contributed by atoms with Crippen LogP contribution >= 0.6 is 11.8 Å². The Morgan fingerprint density at radius 3 is 2.18 bits per heavy atom. The van der Waals surface area contributed by atoms with Gasteiger partial charge in [-0.3, -0.25) is 14.4 Å². The van der Waals surface area contributed by atoms with Crippen molar-refractivity contribution in [1.82, 2.24) is 15.5 Å². The summed E-state index contributed by atoms with van der Waals surface area (Å²) < 4.78 is 5.34. The Bertz CT molecular complexity index is 969. The predicted molar refractivity (Wildman–Crippen MR) is 157 cm³/mol. The number of thioether (sulfide) groups is 1. The van der Waals surface area contributed by atoms with E-state index in [-0.39, 0.29) is 29.6 Å². The number of rotatable bonds is 11. The van der Waals surface area contributed by atoms with E-state index in [1.165, 1.54) is 5.56 Å². The summed E-state index contributed by atoms with van der Waals surface area (Å²) in [7, 11) is 0. The number of ether oxygens (including phenoxy) is 1. The number of hydrogen-bond donors (Lipinski definition) is 3. The Morgan fingerprint density at radius 2 is 1.67 bits per heavy atom. The highest BCUT2D eigenvalue weighted by Gasteiger charge is 2.34. The molecule has 1 saturated heterocycles. The first kappa shape index (κ1) is 32.5. The Labute approximate surface area is 237 Å². The molecular formula is C29H46N4O5S. The lowest BCUT2D eigenvalue weighted by atomic mass is 9.94. The fourth-order valence-corrected chi connectivity index (χ4v) is 4.85. The van der Waals surface area contributed by atoms with Crippen LogP contribution in [0.1, 0.15) is 66.4 Å². The van der Waals surface area contributed by atoms with Crippen molar-refractivity contribution in [2.75, 3.05) is 30.4 Å². The Kier molecular flexibility index (Phi) is 12.6. The zero-order chi connectivity index (χ0) is 29.2. The van der Waals surface area contributed by atoms with Gasteiger partial charge in [0.1, 0.15) is 17.7 Å². The van der Waals surface area contributed by atoms with E-state index in [0.717, 1.165) is 6.42 Å². The summed E-state index contributed by atoms with van der Waals surface area (Å²) in [6.07, 6.45) is 3.73. The maximum Gasteiger partial charge on any atom is 0.408 e. The van der Waals surface area contributed by atoms with E-state index in [1.54, 1.807) is 37.4 Å². The normalized spacial score (nSPS) is 15.8. The molecule has 0 aromatic heterocycles. The van der Waals surface area contributed by atoms with Crippen LogP contribution in [0.15, 0.2) is 24.3 Å². The second-order valence-electron chi connectivity index (χ2n) is 11.3. The molecule has 0 radical (unpaired) electrons. The number of nitrogens with one attached hydrogen (secondary N) is 3. The smallest absolute Gasteiger partial charge is 0.408 e. The number of anilines is 1. The summed E-state index contributed by atoms with van der Waals surface area (Å²) in [5.41, 5.74) is 1.22. The van der Waals surface area contributed by atoms with Crippen LogP contribution in [0, 0.1) is 11.8 Å². The number of hydrogen-bond acceptors (Lipinski definition) is 6. The predicted octanol–water partition coefficient (Wildman–Crippen LogP) is 4.21. The van der Waals surface area contributed by atoms with E-state index in [1.807, 2.05) is 44.4 Å². The average molecular weight is 563 g/mol. The number of alkyl carbamates (subject to hydrolysis) is 1. The molecule has 39 heavy (non-hydrogen) atoms. The number of benzene rings is 1. The van der Waals surface area contributed by atoms with Gasteiger partial charge in [0.25, 0.3) is 0 Å². The van der Waals surface area contributed by atoms with Crippen molar-refractivity contribution >= 4 is 41.3 Å². The van der Waals surface area contributed by atoms with Crippen LogP contribution in [-0.2, 0) is 25.5 Å². The molecule has 218 valence electrons. The van der Waals surface area contributed by atoms with Crippen LogP contribution in [-0.4, -0.2) is 71.5 Å². The second-order valence-corrected chi connectivity index (χ2v) is 12.3. The molecule has 0 aliphatic carbocycles. The van der Waals surface area contributed by atoms with Gasteiger partial charge in [0, 0.05) is 24.7 Å². The van der Waals surface area contributed by atoms with Crippen molar-refractivity contribution in [1.29, 1.82) is 0 Å². The molecule has 0 saturated carbocycles. The maximum atomic E-state index is 13.2. The van der Waals surface area contributed by atoms with E-state index in [0.29, 0.717) is 43.8 Å². The molecule has 1 aliphatic heterocycles. The average Bonchev–Trinajstić information content (AvgIpc) is 2.88. The molecule has 1 heterocycles. The van der Waals surface area contributed by atoms with Crippen molar-refractivity contribution in [3.63, 3.8) is 0 Å². The highest BCUT2D eigenvalue weighted by Crippen LogP contribution is 2.20. The third-order valence-corrected chi connectivity index (χ3v) is 7.30. The van der Waals surface area contributed by atoms with Gasteiger partial charge >= 0.3 is 6.09 Å². The molecule has 2 atom stereocenters. The molecule has 0 spiro atoms. The topological polar surface area (TPSA) is 117 Å². The number of carbonyl (C=O) groups excluding carboxylic acids is 4. The van der Waals surface area contributed by atoms with Crippen LogP contribution in [0.4, 0.5) is 10.5 Å². The first-order valence-electron chi connectivity index (χ1n) is 13.8. The first-order chi connectivity index (χ1) is 18.3. The van der Waals surface area contributed by atoms with Crippen LogP contribution in [0.25, 0.3) is 0 Å². The molecule has 1 fully saturated rings. The summed E-state index contributed by atoms with van der Waals surface area (Å²) in [6.45, 7) is 12.0. The molecule has 10 heteroatoms. The minimum Gasteiger partial charge on any atom is -0.444 e. The number of amides is 4. The summed E-state index contributed by atoms with van der Waals surface area (Å²) in [6, 6.07) is 6.33. The molecule has 2 rings (SSSR count). The van der Waals surface area contributed by atoms with E-state index in [9.17, 15) is 19.2 Å². The number of aryl methyl sites for hydroxylation is 1. The van der Waals surface area contributed by atoms with Crippen LogP contribution < -0.4 is 16.0 Å². The quantitative estimate of drug-likeness (QED) is 0.372. The highest BCUT2D eigenvalue weighted by atomic mass is 32.2. The van der Waals surface area contributed by atoms with Crippen molar-refractivity contribution < 1.29 is 23.9 Å². The third-order valence-electron chi connectivity index (χ3n) is 6.65. The molecule has 1 aromatic carbocycles. The maximum absolute atomic E-state index is 13.2. The molecule has 9 nitrogen and oxygen atoms in total. The molecular weight excluding hydrogens is 516 g/mol. The van der Waals surface area contributed by atoms with Gasteiger partial charge in [0.15, 0.2) is 0 Å². The summed E-state index contributed by atoms with van der Waals surface area (Å²) in [5.74, 6) is -0.269. The monoisotopic (exact) mass is 562 g/mol. The van der Waals surface area contributed by atoms with Crippen LogP contribution in [0.2, 0.25) is 0 Å². The fraction of sp³-hybridized carbons (Fsp3) is 0.655. The molecule has 3 N–H and O–H groups in total. The Hall–Kier alpha value is -2.75. The van der Waals surface area contributed by atoms with Crippen molar-refractivity contribution in [2.24, 2.45) is 11.8 Å². The summed E-state index contributed by atoms with van der Waals surface area (Å²) in [5, 5.41) is 8.58. The van der Waals surface area contributed by atoms with E-state index < -0.39 is 23.8 Å². The summed E-state index contributed by atoms with van der Waals surface area (Å²) in [4.78, 5) is 53.4. The lowest BCUT2D eigenvalue weighted by Crippen LogP contribution is -2.54. The molecule has 0 bridgehead atoms. The first-order valence-corrected chi connectivity index (χ1v) is 15.2. The lowest BCUT2D eigenvalue weighted by Gasteiger charge is -2.34. The standard InChI is InChI=1S/C29H46N4O5S/c1-8-20-9-11-22(12-10-20)30-26(35)24(19(2)3)32-25(34)21-13-16-33(17-14-21)27(36)23(15-18-39-7)31-28(37)38-29(4,5)6/h9-12,19,21,23-24H,8,13-18H2,1-7H3,(H,30,35)(H,31,37)(H,32,34)/t23-,24-/m0/s1. The number of piperidine rings is 1. The SMILES string of the molecule is CCc1ccc(NC(=O)[C@@H](NC(=O)C2CCN(C(=O)[C@H](CCSC)NC(=O)OC(C)(C)C)CC2)C(C)C)cc1. The number of likely N-dealkylation sites (tertiary alicyclic amines) is 1. The van der Waals surface area contributed by atoms with E-state index in [2.05, 4.69) is 22.9 Å². The van der Waals surface area contributed by atoms with Gasteiger partial charge in [-0.15, -0.1) is 0 Å². The zero-order valence-corrected chi connectivity index (χ0v) is 25.3. The zero-order valence-electron chi connectivity index (χ0n) is 24.5. The van der Waals surface area contributed by atoms with E-state index in [4.69, 9.17) is 4.74 Å². The minimum atomic E-state index is -0.682. The Morgan fingerprint density at radius 1 is 1.05 bits per heavy atom. The van der Waals surface area contributed by atoms with Gasteiger partial charge in [-0.25, -0.2) is 4.79 Å². The lowest BCUT2D eigenvalue weighted by molar-refractivity contribution is -0.138. The third kappa shape index (κ3) is 10.7. The van der Waals surface area contributed by atoms with Crippen LogP contribution in [0.5, 0.6) is 0 Å². The fourth-order valence-electron chi connectivity index (χ4n) is 4.38. The number of nitrogens with zero attached hydrogens (tertiary/aromatic N) is 1. The van der Waals surface area contributed by atoms with Gasteiger partial charge in [-0.05, 0) is 82.1 Å². The van der Waals surface area contributed by atoms with E-state index >= 15 is 0 Å². The largest absolute Gasteiger partial charge is 0.444 e. The molecule has 4 amide bonds. The molecule has 1 aliphatic rings. The summed E-state index contributed by atoms with van der Waals surface area (Å²) >= 11 is 1.60. The highest BCUT2D eigenvalue weighted by molar-refractivity contribution is 7.98.